The predicted octanol–water partition coefficient (Wildman–Crippen LogP) is 1.71. The van der Waals surface area contributed by atoms with Crippen molar-refractivity contribution in [1.82, 2.24) is 10.6 Å². The molecular formula is C20H22N2O6. The third-order valence-corrected chi connectivity index (χ3v) is 3.59. The number of hydrogen-bond donors (Lipinski definition) is 3. The van der Waals surface area contributed by atoms with Gasteiger partial charge in [0.15, 0.2) is 18.1 Å². The molecule has 0 spiro atoms. The standard InChI is InChI=1S/C20H22N2O6/c1-2-27-17-12-15(8-9-16(17)28-13-18(23)24)20(26)22-11-10-21-19(25)14-6-4-3-5-7-14/h3-9,12H,2,10-11,13H2,1H3,(H,21,25)(H,22,26)(H,23,24). The van der Waals surface area contributed by atoms with Crippen LogP contribution in [0.15, 0.2) is 48.5 Å². The van der Waals surface area contributed by atoms with Gasteiger partial charge in [-0.1, -0.05) is 18.2 Å². The highest BCUT2D eigenvalue weighted by atomic mass is 16.5. The zero-order chi connectivity index (χ0) is 20.4. The van der Waals surface area contributed by atoms with E-state index >= 15 is 0 Å². The van der Waals surface area contributed by atoms with Crippen molar-refractivity contribution < 1.29 is 29.0 Å². The fraction of sp³-hybridized carbons (Fsp3) is 0.250. The highest BCUT2D eigenvalue weighted by Crippen LogP contribution is 2.28. The number of aliphatic carboxylic acids is 1. The monoisotopic (exact) mass is 386 g/mol. The van der Waals surface area contributed by atoms with E-state index in [2.05, 4.69) is 10.6 Å². The summed E-state index contributed by atoms with van der Waals surface area (Å²) in [7, 11) is 0. The van der Waals surface area contributed by atoms with Gasteiger partial charge < -0.3 is 25.2 Å². The Morgan fingerprint density at radius 3 is 2.11 bits per heavy atom. The van der Waals surface area contributed by atoms with Gasteiger partial charge in [0.2, 0.25) is 0 Å². The Morgan fingerprint density at radius 2 is 1.50 bits per heavy atom. The highest BCUT2D eigenvalue weighted by Gasteiger charge is 2.13. The largest absolute Gasteiger partial charge is 0.490 e. The molecule has 0 radical (unpaired) electrons. The molecule has 0 aromatic heterocycles. The quantitative estimate of drug-likeness (QED) is 0.536. The summed E-state index contributed by atoms with van der Waals surface area (Å²) in [6, 6.07) is 13.3. The maximum atomic E-state index is 12.3. The van der Waals surface area contributed by atoms with Gasteiger partial charge >= 0.3 is 5.97 Å². The van der Waals surface area contributed by atoms with E-state index < -0.39 is 12.6 Å². The smallest absolute Gasteiger partial charge is 0.341 e. The van der Waals surface area contributed by atoms with Crippen LogP contribution in [-0.4, -0.2) is 49.2 Å². The average Bonchev–Trinajstić information content (AvgIpc) is 2.70. The molecule has 0 aliphatic carbocycles. The molecule has 0 unspecified atom stereocenters. The molecule has 148 valence electrons. The maximum absolute atomic E-state index is 12.3. The summed E-state index contributed by atoms with van der Waals surface area (Å²) in [5, 5.41) is 14.1. The lowest BCUT2D eigenvalue weighted by Gasteiger charge is -2.12. The van der Waals surface area contributed by atoms with Crippen LogP contribution in [0.25, 0.3) is 0 Å². The second-order valence-electron chi connectivity index (χ2n) is 5.65. The number of hydrogen-bond acceptors (Lipinski definition) is 5. The second kappa shape index (κ2) is 10.6. The third-order valence-electron chi connectivity index (χ3n) is 3.59. The van der Waals surface area contributed by atoms with Gasteiger partial charge in [-0.05, 0) is 37.3 Å². The molecule has 0 aliphatic heterocycles. The van der Waals surface area contributed by atoms with Crippen LogP contribution in [0.5, 0.6) is 11.5 Å². The summed E-state index contributed by atoms with van der Waals surface area (Å²) in [5.41, 5.74) is 0.882. The second-order valence-corrected chi connectivity index (χ2v) is 5.65. The van der Waals surface area contributed by atoms with Crippen molar-refractivity contribution in [2.24, 2.45) is 0 Å². The molecule has 2 aromatic rings. The number of rotatable bonds is 10. The van der Waals surface area contributed by atoms with Crippen LogP contribution >= 0.6 is 0 Å². The average molecular weight is 386 g/mol. The van der Waals surface area contributed by atoms with Gasteiger partial charge in [-0.25, -0.2) is 4.79 Å². The first kappa shape index (κ1) is 20.8. The summed E-state index contributed by atoms with van der Waals surface area (Å²) in [6.07, 6.45) is 0. The van der Waals surface area contributed by atoms with Gasteiger partial charge in [0.05, 0.1) is 6.61 Å². The zero-order valence-electron chi connectivity index (χ0n) is 15.4. The molecule has 8 nitrogen and oxygen atoms in total. The van der Waals surface area contributed by atoms with Crippen molar-refractivity contribution in [3.63, 3.8) is 0 Å². The lowest BCUT2D eigenvalue weighted by Crippen LogP contribution is -2.34. The van der Waals surface area contributed by atoms with Gasteiger partial charge in [0.25, 0.3) is 11.8 Å². The van der Waals surface area contributed by atoms with E-state index in [0.717, 1.165) is 0 Å². The number of nitrogens with one attached hydrogen (secondary N) is 2. The van der Waals surface area contributed by atoms with E-state index in [4.69, 9.17) is 14.6 Å². The van der Waals surface area contributed by atoms with Crippen molar-refractivity contribution in [3.8, 4) is 11.5 Å². The molecule has 2 amide bonds. The van der Waals surface area contributed by atoms with Crippen molar-refractivity contribution in [2.75, 3.05) is 26.3 Å². The minimum absolute atomic E-state index is 0.214. The Labute approximate surface area is 162 Å². The maximum Gasteiger partial charge on any atom is 0.341 e. The predicted molar refractivity (Wildman–Crippen MR) is 102 cm³/mol. The molecule has 2 aromatic carbocycles. The minimum Gasteiger partial charge on any atom is -0.490 e. The van der Waals surface area contributed by atoms with E-state index in [0.29, 0.717) is 17.7 Å². The molecule has 28 heavy (non-hydrogen) atoms. The Balaban J connectivity index is 1.88. The van der Waals surface area contributed by atoms with Gasteiger partial charge in [-0.15, -0.1) is 0 Å². The number of amides is 2. The number of benzene rings is 2. The number of ether oxygens (including phenoxy) is 2. The zero-order valence-corrected chi connectivity index (χ0v) is 15.4. The summed E-state index contributed by atoms with van der Waals surface area (Å²) in [5.74, 6) is -1.14. The molecule has 3 N–H and O–H groups in total. The molecular weight excluding hydrogens is 364 g/mol. The molecule has 8 heteroatoms. The van der Waals surface area contributed by atoms with Crippen molar-refractivity contribution in [2.45, 2.75) is 6.92 Å². The number of carbonyl (C=O) groups excluding carboxylic acids is 2. The lowest BCUT2D eigenvalue weighted by atomic mass is 10.2. The van der Waals surface area contributed by atoms with E-state index in [1.165, 1.54) is 18.2 Å². The van der Waals surface area contributed by atoms with Crippen molar-refractivity contribution >= 4 is 17.8 Å². The van der Waals surface area contributed by atoms with Crippen LogP contribution in [0, 0.1) is 0 Å². The summed E-state index contributed by atoms with van der Waals surface area (Å²) in [6.45, 7) is 2.12. The molecule has 0 bridgehead atoms. The minimum atomic E-state index is -1.11. The van der Waals surface area contributed by atoms with Crippen LogP contribution in [0.4, 0.5) is 0 Å². The van der Waals surface area contributed by atoms with E-state index in [1.807, 2.05) is 6.07 Å². The van der Waals surface area contributed by atoms with E-state index in [1.54, 1.807) is 31.2 Å². The molecule has 2 rings (SSSR count). The normalized spacial score (nSPS) is 10.0. The molecule has 0 heterocycles. The topological polar surface area (TPSA) is 114 Å². The van der Waals surface area contributed by atoms with Gasteiger partial charge in [0, 0.05) is 24.2 Å². The van der Waals surface area contributed by atoms with Crippen LogP contribution < -0.4 is 20.1 Å². The molecule has 0 fully saturated rings. The van der Waals surface area contributed by atoms with E-state index in [9.17, 15) is 14.4 Å². The van der Waals surface area contributed by atoms with E-state index in [-0.39, 0.29) is 36.4 Å². The van der Waals surface area contributed by atoms with Crippen LogP contribution in [0.3, 0.4) is 0 Å². The number of carbonyl (C=O) groups is 3. The van der Waals surface area contributed by atoms with Crippen LogP contribution in [0.2, 0.25) is 0 Å². The van der Waals surface area contributed by atoms with Gasteiger partial charge in [-0.2, -0.15) is 0 Å². The number of carboxylic acids is 1. The van der Waals surface area contributed by atoms with Crippen molar-refractivity contribution in [3.05, 3.63) is 59.7 Å². The number of carboxylic acid groups (broad SMARTS) is 1. The summed E-state index contributed by atoms with van der Waals surface area (Å²) in [4.78, 5) is 34.8. The molecule has 0 saturated carbocycles. The lowest BCUT2D eigenvalue weighted by molar-refractivity contribution is -0.139. The summed E-state index contributed by atoms with van der Waals surface area (Å²) >= 11 is 0. The fourth-order valence-corrected chi connectivity index (χ4v) is 2.32. The third kappa shape index (κ3) is 6.31. The Bertz CT molecular complexity index is 823. The first-order chi connectivity index (χ1) is 13.5. The molecule has 0 aliphatic rings. The Hall–Kier alpha value is -3.55. The Morgan fingerprint density at radius 1 is 0.857 bits per heavy atom. The van der Waals surface area contributed by atoms with Crippen molar-refractivity contribution in [1.29, 1.82) is 0 Å². The first-order valence-electron chi connectivity index (χ1n) is 8.74. The Kier molecular flexibility index (Phi) is 7.83. The van der Waals surface area contributed by atoms with Crippen LogP contribution in [0.1, 0.15) is 27.6 Å². The molecule has 0 saturated heterocycles. The van der Waals surface area contributed by atoms with Gasteiger partial charge in [0.1, 0.15) is 0 Å². The fourth-order valence-electron chi connectivity index (χ4n) is 2.32. The first-order valence-corrected chi connectivity index (χ1v) is 8.74. The highest BCUT2D eigenvalue weighted by molar-refractivity contribution is 5.95. The SMILES string of the molecule is CCOc1cc(C(=O)NCCNC(=O)c2ccccc2)ccc1OCC(=O)O. The molecule has 0 atom stereocenters. The summed E-state index contributed by atoms with van der Waals surface area (Å²) < 4.78 is 10.6. The van der Waals surface area contributed by atoms with Gasteiger partial charge in [-0.3, -0.25) is 9.59 Å². The van der Waals surface area contributed by atoms with Crippen LogP contribution in [-0.2, 0) is 4.79 Å².